The van der Waals surface area contributed by atoms with E-state index in [2.05, 4.69) is 5.10 Å². The molecule has 1 aromatic heterocycles. The number of amides is 1. The minimum absolute atomic E-state index is 0.126. The van der Waals surface area contributed by atoms with Crippen LogP contribution in [0.15, 0.2) is 59.5 Å². The van der Waals surface area contributed by atoms with E-state index in [0.29, 0.717) is 17.0 Å². The number of aromatic nitrogens is 2. The van der Waals surface area contributed by atoms with Gasteiger partial charge in [0, 0.05) is 23.4 Å². The number of aryl methyl sites for hydroxylation is 2. The van der Waals surface area contributed by atoms with Gasteiger partial charge in [0.2, 0.25) is 0 Å². The average molecular weight is 422 g/mol. The number of hydrogen-bond acceptors (Lipinski definition) is 5. The van der Waals surface area contributed by atoms with Crippen LogP contribution in [-0.4, -0.2) is 34.0 Å². The fourth-order valence-corrected chi connectivity index (χ4v) is 4.92. The number of esters is 1. The van der Waals surface area contributed by atoms with Gasteiger partial charge in [0.1, 0.15) is 5.56 Å². The lowest BCUT2D eigenvalue weighted by molar-refractivity contribution is -0.122. The van der Waals surface area contributed by atoms with Crippen LogP contribution < -0.4 is 4.90 Å². The number of para-hydroxylation sites is 1. The van der Waals surface area contributed by atoms with Gasteiger partial charge in [0.25, 0.3) is 5.91 Å². The van der Waals surface area contributed by atoms with Crippen molar-refractivity contribution < 1.29 is 14.3 Å². The SMILES string of the molecule is Cc1nn(C)c(C)c1C(=O)OCC(=O)N1c2ccccc2SC[C@@H]1c1ccccc1. The van der Waals surface area contributed by atoms with Crippen molar-refractivity contribution in [3.8, 4) is 0 Å². The first kappa shape index (κ1) is 20.2. The predicted molar refractivity (Wildman–Crippen MR) is 117 cm³/mol. The molecule has 6 nitrogen and oxygen atoms in total. The number of anilines is 1. The minimum Gasteiger partial charge on any atom is -0.452 e. The zero-order chi connectivity index (χ0) is 21.3. The van der Waals surface area contributed by atoms with Crippen LogP contribution in [0.2, 0.25) is 0 Å². The summed E-state index contributed by atoms with van der Waals surface area (Å²) in [4.78, 5) is 28.7. The molecule has 1 aliphatic rings. The molecule has 0 bridgehead atoms. The monoisotopic (exact) mass is 421 g/mol. The third-order valence-electron chi connectivity index (χ3n) is 5.33. The van der Waals surface area contributed by atoms with Crippen molar-refractivity contribution in [3.05, 3.63) is 77.1 Å². The van der Waals surface area contributed by atoms with Crippen LogP contribution in [0.5, 0.6) is 0 Å². The highest BCUT2D eigenvalue weighted by Crippen LogP contribution is 2.43. The van der Waals surface area contributed by atoms with Gasteiger partial charge in [-0.15, -0.1) is 11.8 Å². The van der Waals surface area contributed by atoms with Crippen LogP contribution in [0, 0.1) is 13.8 Å². The van der Waals surface area contributed by atoms with E-state index in [4.69, 9.17) is 4.74 Å². The first-order chi connectivity index (χ1) is 14.5. The number of benzene rings is 2. The lowest BCUT2D eigenvalue weighted by Crippen LogP contribution is -2.41. The predicted octanol–water partition coefficient (Wildman–Crippen LogP) is 4.07. The number of rotatable bonds is 4. The number of carbonyl (C=O) groups excluding carboxylic acids is 2. The Balaban J connectivity index is 1.59. The Bertz CT molecular complexity index is 1090. The fraction of sp³-hybridized carbons (Fsp3) is 0.261. The molecule has 0 spiro atoms. The third-order valence-corrected chi connectivity index (χ3v) is 6.46. The Hall–Kier alpha value is -3.06. The highest BCUT2D eigenvalue weighted by Gasteiger charge is 2.33. The minimum atomic E-state index is -0.526. The molecule has 7 heteroatoms. The number of carbonyl (C=O) groups is 2. The zero-order valence-corrected chi connectivity index (χ0v) is 18.0. The van der Waals surface area contributed by atoms with Gasteiger partial charge in [0.05, 0.1) is 17.4 Å². The molecule has 154 valence electrons. The van der Waals surface area contributed by atoms with E-state index in [1.165, 1.54) is 0 Å². The summed E-state index contributed by atoms with van der Waals surface area (Å²) in [6.07, 6.45) is 0. The van der Waals surface area contributed by atoms with Crippen molar-refractivity contribution in [1.29, 1.82) is 0 Å². The summed E-state index contributed by atoms with van der Waals surface area (Å²) in [5, 5.41) is 4.25. The largest absolute Gasteiger partial charge is 0.452 e. The maximum atomic E-state index is 13.3. The number of fused-ring (bicyclic) bond motifs is 1. The van der Waals surface area contributed by atoms with Crippen molar-refractivity contribution in [3.63, 3.8) is 0 Å². The van der Waals surface area contributed by atoms with Gasteiger partial charge in [-0.1, -0.05) is 42.5 Å². The summed E-state index contributed by atoms with van der Waals surface area (Å²) in [6.45, 7) is 3.24. The van der Waals surface area contributed by atoms with Crippen LogP contribution in [0.3, 0.4) is 0 Å². The van der Waals surface area contributed by atoms with Crippen molar-refractivity contribution in [2.45, 2.75) is 24.8 Å². The molecule has 0 saturated carbocycles. The lowest BCUT2D eigenvalue weighted by atomic mass is 10.1. The number of hydrogen-bond donors (Lipinski definition) is 0. The summed E-state index contributed by atoms with van der Waals surface area (Å²) >= 11 is 1.73. The van der Waals surface area contributed by atoms with Crippen molar-refractivity contribution >= 4 is 29.3 Å². The summed E-state index contributed by atoms with van der Waals surface area (Å²) in [5.41, 5.74) is 3.62. The number of thioether (sulfide) groups is 1. The molecular formula is C23H23N3O3S. The number of nitrogens with zero attached hydrogens (tertiary/aromatic N) is 3. The molecule has 3 aromatic rings. The molecule has 2 aromatic carbocycles. The summed E-state index contributed by atoms with van der Waals surface area (Å²) in [5.74, 6) is -0.0341. The summed E-state index contributed by atoms with van der Waals surface area (Å²) < 4.78 is 7.06. The van der Waals surface area contributed by atoms with Crippen molar-refractivity contribution in [2.75, 3.05) is 17.3 Å². The maximum absolute atomic E-state index is 13.3. The maximum Gasteiger partial charge on any atom is 0.342 e. The molecule has 0 unspecified atom stereocenters. The van der Waals surface area contributed by atoms with E-state index in [9.17, 15) is 9.59 Å². The van der Waals surface area contributed by atoms with E-state index in [-0.39, 0.29) is 18.6 Å². The van der Waals surface area contributed by atoms with Gasteiger partial charge in [-0.05, 0) is 31.5 Å². The molecule has 0 saturated heterocycles. The topological polar surface area (TPSA) is 64.4 Å². The van der Waals surface area contributed by atoms with Gasteiger partial charge < -0.3 is 4.74 Å². The van der Waals surface area contributed by atoms with Crippen LogP contribution in [0.25, 0.3) is 0 Å². The smallest absolute Gasteiger partial charge is 0.342 e. The Kier molecular flexibility index (Phi) is 5.63. The highest BCUT2D eigenvalue weighted by atomic mass is 32.2. The molecule has 0 fully saturated rings. The Morgan fingerprint density at radius 2 is 1.80 bits per heavy atom. The van der Waals surface area contributed by atoms with Gasteiger partial charge in [-0.25, -0.2) is 4.79 Å². The second kappa shape index (κ2) is 8.36. The van der Waals surface area contributed by atoms with E-state index in [0.717, 1.165) is 21.9 Å². The van der Waals surface area contributed by atoms with Gasteiger partial charge in [-0.3, -0.25) is 14.4 Å². The number of ether oxygens (including phenoxy) is 1. The molecule has 1 amide bonds. The summed E-state index contributed by atoms with van der Waals surface area (Å²) in [6, 6.07) is 17.6. The van der Waals surface area contributed by atoms with Crippen molar-refractivity contribution in [2.24, 2.45) is 7.05 Å². The Morgan fingerprint density at radius 3 is 2.50 bits per heavy atom. The summed E-state index contributed by atoms with van der Waals surface area (Å²) in [7, 11) is 1.77. The Morgan fingerprint density at radius 1 is 1.10 bits per heavy atom. The molecule has 0 aliphatic carbocycles. The molecule has 2 heterocycles. The fourth-order valence-electron chi connectivity index (χ4n) is 3.76. The van der Waals surface area contributed by atoms with E-state index >= 15 is 0 Å². The van der Waals surface area contributed by atoms with E-state index in [1.807, 2.05) is 61.5 Å². The molecule has 0 N–H and O–H groups in total. The molecule has 1 atom stereocenters. The van der Waals surface area contributed by atoms with Crippen LogP contribution in [0.4, 0.5) is 5.69 Å². The first-order valence-electron chi connectivity index (χ1n) is 9.73. The standard InChI is InChI=1S/C23H23N3O3S/c1-15-22(16(2)25(3)24-15)23(28)29-13-21(27)26-18-11-7-8-12-20(18)30-14-19(26)17-9-5-4-6-10-17/h4-12,19H,13-14H2,1-3H3/t19-/m1/s1. The van der Waals surface area contributed by atoms with Gasteiger partial charge in [-0.2, -0.15) is 5.10 Å². The van der Waals surface area contributed by atoms with Crippen LogP contribution >= 0.6 is 11.8 Å². The Labute approximate surface area is 179 Å². The first-order valence-corrected chi connectivity index (χ1v) is 10.7. The highest BCUT2D eigenvalue weighted by molar-refractivity contribution is 7.99. The zero-order valence-electron chi connectivity index (χ0n) is 17.2. The second-order valence-electron chi connectivity index (χ2n) is 7.21. The normalized spacial score (nSPS) is 15.6. The quantitative estimate of drug-likeness (QED) is 0.594. The van der Waals surface area contributed by atoms with Gasteiger partial charge >= 0.3 is 5.97 Å². The van der Waals surface area contributed by atoms with Crippen LogP contribution in [0.1, 0.15) is 33.4 Å². The van der Waals surface area contributed by atoms with E-state index in [1.54, 1.807) is 35.3 Å². The molecular weight excluding hydrogens is 398 g/mol. The molecule has 1 aliphatic heterocycles. The average Bonchev–Trinajstić information content (AvgIpc) is 3.02. The third kappa shape index (κ3) is 3.73. The van der Waals surface area contributed by atoms with Crippen LogP contribution in [-0.2, 0) is 16.6 Å². The molecule has 0 radical (unpaired) electrons. The van der Waals surface area contributed by atoms with Crippen molar-refractivity contribution in [1.82, 2.24) is 9.78 Å². The molecule has 4 rings (SSSR count). The second-order valence-corrected chi connectivity index (χ2v) is 8.28. The lowest BCUT2D eigenvalue weighted by Gasteiger charge is -2.37. The van der Waals surface area contributed by atoms with E-state index < -0.39 is 5.97 Å². The van der Waals surface area contributed by atoms with Gasteiger partial charge in [0.15, 0.2) is 6.61 Å². The molecule has 30 heavy (non-hydrogen) atoms.